The maximum Gasteiger partial charge on any atom is 0.227 e. The monoisotopic (exact) mass is 292 g/mol. The number of hydrogen-bond acceptors (Lipinski definition) is 2. The molecule has 0 aromatic rings. The van der Waals surface area contributed by atoms with E-state index in [-0.39, 0.29) is 16.7 Å². The molecule has 3 aliphatic carbocycles. The van der Waals surface area contributed by atoms with Crippen LogP contribution in [0.2, 0.25) is 0 Å². The van der Waals surface area contributed by atoms with Crippen LogP contribution in [0, 0.1) is 22.2 Å². The zero-order valence-electron chi connectivity index (χ0n) is 14.0. The van der Waals surface area contributed by atoms with Crippen molar-refractivity contribution in [3.63, 3.8) is 0 Å². The summed E-state index contributed by atoms with van der Waals surface area (Å²) in [5, 5.41) is 3.45. The van der Waals surface area contributed by atoms with Crippen LogP contribution in [0.15, 0.2) is 0 Å². The molecule has 0 aliphatic heterocycles. The minimum absolute atomic E-state index is 0.249. The lowest BCUT2D eigenvalue weighted by molar-refractivity contribution is -0.134. The van der Waals surface area contributed by atoms with Crippen molar-refractivity contribution in [1.29, 1.82) is 0 Å². The van der Waals surface area contributed by atoms with Crippen molar-refractivity contribution in [2.45, 2.75) is 78.2 Å². The van der Waals surface area contributed by atoms with Gasteiger partial charge in [0.15, 0.2) is 0 Å². The average molecular weight is 292 g/mol. The molecule has 3 N–H and O–H groups in total. The Hall–Kier alpha value is -0.570. The second-order valence-electron chi connectivity index (χ2n) is 8.68. The molecule has 0 heterocycles. The lowest BCUT2D eigenvalue weighted by Crippen LogP contribution is -2.54. The van der Waals surface area contributed by atoms with Crippen LogP contribution < -0.4 is 11.1 Å². The summed E-state index contributed by atoms with van der Waals surface area (Å²) >= 11 is 0. The SMILES string of the molecule is CC1(C)C2CCC1(C)C(NC(=O)C1(CN)CCCCC1)C2. The molecular formula is C18H32N2O. The summed E-state index contributed by atoms with van der Waals surface area (Å²) < 4.78 is 0. The predicted octanol–water partition coefficient (Wildman–Crippen LogP) is 3.23. The Balaban J connectivity index is 1.74. The van der Waals surface area contributed by atoms with Crippen molar-refractivity contribution in [2.24, 2.45) is 27.9 Å². The molecule has 0 aromatic heterocycles. The van der Waals surface area contributed by atoms with Gasteiger partial charge in [0.1, 0.15) is 0 Å². The molecule has 1 amide bonds. The van der Waals surface area contributed by atoms with Crippen LogP contribution in [0.5, 0.6) is 0 Å². The van der Waals surface area contributed by atoms with Gasteiger partial charge in [0, 0.05) is 12.6 Å². The molecule has 0 aromatic carbocycles. The maximum absolute atomic E-state index is 12.9. The molecule has 3 aliphatic rings. The summed E-state index contributed by atoms with van der Waals surface area (Å²) in [7, 11) is 0. The highest BCUT2D eigenvalue weighted by Gasteiger charge is 2.62. The number of rotatable bonds is 3. The molecule has 3 fully saturated rings. The summed E-state index contributed by atoms with van der Waals surface area (Å²) in [5.74, 6) is 1.02. The maximum atomic E-state index is 12.9. The Kier molecular flexibility index (Phi) is 3.63. The number of nitrogens with one attached hydrogen (secondary N) is 1. The Morgan fingerprint density at radius 2 is 1.81 bits per heavy atom. The third-order valence-electron chi connectivity index (χ3n) is 7.78. The highest BCUT2D eigenvalue weighted by Crippen LogP contribution is 2.65. The number of nitrogens with two attached hydrogens (primary N) is 1. The summed E-state index contributed by atoms with van der Waals surface area (Å²) in [4.78, 5) is 12.9. The van der Waals surface area contributed by atoms with Gasteiger partial charge in [-0.25, -0.2) is 0 Å². The molecule has 21 heavy (non-hydrogen) atoms. The number of carbonyl (C=O) groups excluding carboxylic acids is 1. The Morgan fingerprint density at radius 3 is 2.29 bits per heavy atom. The number of carbonyl (C=O) groups is 1. The van der Waals surface area contributed by atoms with Crippen LogP contribution in [0.25, 0.3) is 0 Å². The number of fused-ring (bicyclic) bond motifs is 2. The van der Waals surface area contributed by atoms with Gasteiger partial charge in [0.25, 0.3) is 0 Å². The lowest BCUT2D eigenvalue weighted by atomic mass is 9.68. The molecule has 3 atom stereocenters. The van der Waals surface area contributed by atoms with Crippen molar-refractivity contribution in [3.8, 4) is 0 Å². The van der Waals surface area contributed by atoms with Gasteiger partial charge in [0.2, 0.25) is 5.91 Å². The Labute approximate surface area is 129 Å². The quantitative estimate of drug-likeness (QED) is 0.839. The zero-order valence-corrected chi connectivity index (χ0v) is 14.0. The Bertz CT molecular complexity index is 425. The van der Waals surface area contributed by atoms with Crippen molar-refractivity contribution in [1.82, 2.24) is 5.32 Å². The largest absolute Gasteiger partial charge is 0.352 e. The molecule has 3 saturated carbocycles. The van der Waals surface area contributed by atoms with E-state index < -0.39 is 0 Å². The Morgan fingerprint density at radius 1 is 1.14 bits per heavy atom. The van der Waals surface area contributed by atoms with Crippen molar-refractivity contribution in [3.05, 3.63) is 0 Å². The van der Waals surface area contributed by atoms with Crippen molar-refractivity contribution >= 4 is 5.91 Å². The van der Waals surface area contributed by atoms with Crippen LogP contribution in [-0.4, -0.2) is 18.5 Å². The van der Waals surface area contributed by atoms with Gasteiger partial charge in [-0.1, -0.05) is 40.0 Å². The van der Waals surface area contributed by atoms with Gasteiger partial charge >= 0.3 is 0 Å². The van der Waals surface area contributed by atoms with Gasteiger partial charge in [-0.15, -0.1) is 0 Å². The van der Waals surface area contributed by atoms with Gasteiger partial charge in [-0.2, -0.15) is 0 Å². The summed E-state index contributed by atoms with van der Waals surface area (Å²) in [6.07, 6.45) is 9.27. The molecule has 3 heteroatoms. The van der Waals surface area contributed by atoms with Gasteiger partial charge in [-0.3, -0.25) is 4.79 Å². The number of amides is 1. The fourth-order valence-corrected chi connectivity index (χ4v) is 5.49. The third kappa shape index (κ3) is 2.07. The van der Waals surface area contributed by atoms with E-state index in [1.165, 1.54) is 19.3 Å². The molecule has 0 saturated heterocycles. The minimum atomic E-state index is -0.277. The molecule has 3 nitrogen and oxygen atoms in total. The minimum Gasteiger partial charge on any atom is -0.352 e. The zero-order chi connectivity index (χ0) is 15.3. The fourth-order valence-electron chi connectivity index (χ4n) is 5.49. The van der Waals surface area contributed by atoms with E-state index in [4.69, 9.17) is 5.73 Å². The van der Waals surface area contributed by atoms with E-state index in [0.29, 0.717) is 18.0 Å². The van der Waals surface area contributed by atoms with Crippen molar-refractivity contribution < 1.29 is 4.79 Å². The number of hydrogen-bond donors (Lipinski definition) is 2. The van der Waals surface area contributed by atoms with Crippen molar-refractivity contribution in [2.75, 3.05) is 6.54 Å². The third-order valence-corrected chi connectivity index (χ3v) is 7.78. The van der Waals surface area contributed by atoms with Crippen LogP contribution in [-0.2, 0) is 4.79 Å². The van der Waals surface area contributed by atoms with E-state index in [9.17, 15) is 4.79 Å². The second-order valence-corrected chi connectivity index (χ2v) is 8.68. The molecule has 0 radical (unpaired) electrons. The lowest BCUT2D eigenvalue weighted by Gasteiger charge is -2.42. The van der Waals surface area contributed by atoms with E-state index in [1.54, 1.807) is 0 Å². The normalized spacial score (nSPS) is 40.2. The van der Waals surface area contributed by atoms with E-state index in [2.05, 4.69) is 26.1 Å². The molecule has 3 rings (SSSR count). The summed E-state index contributed by atoms with van der Waals surface area (Å²) in [6.45, 7) is 7.70. The van der Waals surface area contributed by atoms with Crippen LogP contribution in [0.4, 0.5) is 0 Å². The predicted molar refractivity (Wildman–Crippen MR) is 85.7 cm³/mol. The first-order chi connectivity index (χ1) is 9.86. The summed E-state index contributed by atoms with van der Waals surface area (Å²) in [6, 6.07) is 0.351. The van der Waals surface area contributed by atoms with E-state index >= 15 is 0 Å². The van der Waals surface area contributed by atoms with Gasteiger partial charge in [-0.05, 0) is 48.9 Å². The first-order valence-corrected chi connectivity index (χ1v) is 8.87. The standard InChI is InChI=1S/C18H32N2O/c1-16(2)13-7-10-17(16,3)14(11-13)20-15(21)18(12-19)8-5-4-6-9-18/h13-14H,4-12,19H2,1-3H3,(H,20,21). The molecule has 0 spiro atoms. The second kappa shape index (κ2) is 4.97. The van der Waals surface area contributed by atoms with Crippen LogP contribution >= 0.6 is 0 Å². The molecule has 3 unspecified atom stereocenters. The van der Waals surface area contributed by atoms with Gasteiger partial charge < -0.3 is 11.1 Å². The highest BCUT2D eigenvalue weighted by atomic mass is 16.2. The summed E-state index contributed by atoms with van der Waals surface area (Å²) in [5.41, 5.74) is 6.35. The van der Waals surface area contributed by atoms with E-state index in [1.807, 2.05) is 0 Å². The molecule has 2 bridgehead atoms. The average Bonchev–Trinajstić information content (AvgIpc) is 2.81. The van der Waals surface area contributed by atoms with Crippen LogP contribution in [0.3, 0.4) is 0 Å². The first-order valence-electron chi connectivity index (χ1n) is 8.87. The van der Waals surface area contributed by atoms with E-state index in [0.717, 1.165) is 38.0 Å². The van der Waals surface area contributed by atoms with Gasteiger partial charge in [0.05, 0.1) is 5.41 Å². The smallest absolute Gasteiger partial charge is 0.227 e. The molecular weight excluding hydrogens is 260 g/mol. The first kappa shape index (κ1) is 15.3. The fraction of sp³-hybridized carbons (Fsp3) is 0.944. The topological polar surface area (TPSA) is 55.1 Å². The molecule has 120 valence electrons. The highest BCUT2D eigenvalue weighted by molar-refractivity contribution is 5.83. The van der Waals surface area contributed by atoms with Crippen LogP contribution in [0.1, 0.15) is 72.1 Å².